The quantitative estimate of drug-likeness (QED) is 0.623. The first kappa shape index (κ1) is 12.3. The summed E-state index contributed by atoms with van der Waals surface area (Å²) < 4.78 is 14.0. The maximum absolute atomic E-state index is 13.3. The van der Waals surface area contributed by atoms with Crippen LogP contribution in [0.4, 0.5) is 4.39 Å². The third kappa shape index (κ3) is 2.73. The predicted octanol–water partition coefficient (Wildman–Crippen LogP) is 5.44. The summed E-state index contributed by atoms with van der Waals surface area (Å²) in [5.74, 6) is -0.220. The van der Waals surface area contributed by atoms with Gasteiger partial charge in [0.05, 0.1) is 4.83 Å². The van der Waals surface area contributed by atoms with E-state index in [1.807, 2.05) is 6.07 Å². The van der Waals surface area contributed by atoms with Crippen molar-refractivity contribution in [2.45, 2.75) is 11.8 Å². The summed E-state index contributed by atoms with van der Waals surface area (Å²) in [7, 11) is 0. The first-order chi connectivity index (χ1) is 7.56. The molecule has 0 radical (unpaired) electrons. The first-order valence-corrected chi connectivity index (χ1v) is 7.25. The summed E-state index contributed by atoms with van der Waals surface area (Å²) >= 11 is 8.62. The van der Waals surface area contributed by atoms with Crippen molar-refractivity contribution in [1.82, 2.24) is 0 Å². The van der Waals surface area contributed by atoms with E-state index in [2.05, 4.69) is 50.9 Å². The van der Waals surface area contributed by atoms with E-state index in [-0.39, 0.29) is 10.6 Å². The third-order valence-electron chi connectivity index (χ3n) is 2.19. The van der Waals surface area contributed by atoms with Crippen LogP contribution in [0.2, 0.25) is 0 Å². The lowest BCUT2D eigenvalue weighted by molar-refractivity contribution is 0.625. The van der Waals surface area contributed by atoms with Crippen molar-refractivity contribution in [2.75, 3.05) is 0 Å². The lowest BCUT2D eigenvalue weighted by Gasteiger charge is -2.08. The Labute approximate surface area is 115 Å². The zero-order valence-electron chi connectivity index (χ0n) is 8.51. The summed E-state index contributed by atoms with van der Waals surface area (Å²) in [6.45, 7) is 2.06. The minimum absolute atomic E-state index is 0.0539. The molecule has 1 unspecified atom stereocenters. The van der Waals surface area contributed by atoms with Crippen molar-refractivity contribution >= 4 is 43.2 Å². The van der Waals surface area contributed by atoms with Gasteiger partial charge in [0.2, 0.25) is 0 Å². The van der Waals surface area contributed by atoms with Gasteiger partial charge < -0.3 is 0 Å². The second-order valence-corrected chi connectivity index (χ2v) is 6.66. The lowest BCUT2D eigenvalue weighted by Crippen LogP contribution is -1.91. The molecule has 2 rings (SSSR count). The van der Waals surface area contributed by atoms with E-state index in [0.29, 0.717) is 0 Å². The van der Waals surface area contributed by atoms with Crippen LogP contribution in [0.3, 0.4) is 0 Å². The molecule has 0 aliphatic carbocycles. The van der Waals surface area contributed by atoms with Crippen molar-refractivity contribution in [3.8, 4) is 0 Å². The number of hydrogen-bond acceptors (Lipinski definition) is 1. The smallest absolute Gasteiger partial charge is 0.124 e. The van der Waals surface area contributed by atoms with Crippen LogP contribution in [0.15, 0.2) is 34.8 Å². The van der Waals surface area contributed by atoms with Gasteiger partial charge in [-0.1, -0.05) is 31.9 Å². The van der Waals surface area contributed by atoms with Crippen LogP contribution >= 0.6 is 43.2 Å². The van der Waals surface area contributed by atoms with Crippen LogP contribution in [0.5, 0.6) is 0 Å². The molecule has 2 aromatic rings. The average molecular weight is 364 g/mol. The minimum atomic E-state index is -0.220. The zero-order chi connectivity index (χ0) is 11.7. The first-order valence-electron chi connectivity index (χ1n) is 4.72. The Morgan fingerprint density at radius 1 is 1.25 bits per heavy atom. The van der Waals surface area contributed by atoms with Gasteiger partial charge in [0, 0.05) is 14.2 Å². The van der Waals surface area contributed by atoms with Crippen molar-refractivity contribution in [1.29, 1.82) is 0 Å². The molecule has 0 N–H and O–H groups in total. The highest BCUT2D eigenvalue weighted by molar-refractivity contribution is 9.10. The molecule has 1 aromatic heterocycles. The molecule has 0 spiro atoms. The standard InChI is InChI=1S/C12H9Br2FS/c1-7-2-3-11(16-7)12(14)8-4-9(13)6-10(15)5-8/h2-6,12H,1H3. The Kier molecular flexibility index (Phi) is 3.82. The fourth-order valence-corrected chi connectivity index (χ4v) is 3.54. The van der Waals surface area contributed by atoms with Crippen LogP contribution in [0.25, 0.3) is 0 Å². The Morgan fingerprint density at radius 2 is 2.00 bits per heavy atom. The van der Waals surface area contributed by atoms with Gasteiger partial charge in [-0.3, -0.25) is 0 Å². The molecular weight excluding hydrogens is 355 g/mol. The molecule has 1 heterocycles. The molecule has 0 nitrogen and oxygen atoms in total. The fraction of sp³-hybridized carbons (Fsp3) is 0.167. The number of benzene rings is 1. The number of alkyl halides is 1. The molecule has 16 heavy (non-hydrogen) atoms. The lowest BCUT2D eigenvalue weighted by atomic mass is 10.1. The molecule has 0 saturated carbocycles. The van der Waals surface area contributed by atoms with Crippen LogP contribution in [0, 0.1) is 12.7 Å². The van der Waals surface area contributed by atoms with Crippen LogP contribution in [-0.2, 0) is 0 Å². The molecule has 0 aliphatic heterocycles. The normalized spacial score (nSPS) is 12.8. The number of halogens is 3. The summed E-state index contributed by atoms with van der Waals surface area (Å²) in [6.07, 6.45) is 0. The molecule has 0 saturated heterocycles. The molecule has 0 aliphatic rings. The molecule has 1 aromatic carbocycles. The Bertz CT molecular complexity index is 487. The predicted molar refractivity (Wildman–Crippen MR) is 73.9 cm³/mol. The highest BCUT2D eigenvalue weighted by atomic mass is 79.9. The van der Waals surface area contributed by atoms with E-state index in [9.17, 15) is 4.39 Å². The van der Waals surface area contributed by atoms with E-state index in [0.717, 1.165) is 10.0 Å². The number of thiophene rings is 1. The van der Waals surface area contributed by atoms with E-state index in [4.69, 9.17) is 0 Å². The molecule has 0 amide bonds. The van der Waals surface area contributed by atoms with Gasteiger partial charge in [-0.2, -0.15) is 0 Å². The Hall–Kier alpha value is -0.190. The highest BCUT2D eigenvalue weighted by Gasteiger charge is 2.13. The fourth-order valence-electron chi connectivity index (χ4n) is 1.48. The van der Waals surface area contributed by atoms with E-state index < -0.39 is 0 Å². The van der Waals surface area contributed by atoms with Crippen molar-refractivity contribution < 1.29 is 4.39 Å². The van der Waals surface area contributed by atoms with E-state index >= 15 is 0 Å². The topological polar surface area (TPSA) is 0 Å². The molecule has 0 bridgehead atoms. The van der Waals surface area contributed by atoms with Crippen molar-refractivity contribution in [2.24, 2.45) is 0 Å². The molecule has 84 valence electrons. The Balaban J connectivity index is 2.37. The van der Waals surface area contributed by atoms with Gasteiger partial charge in [-0.25, -0.2) is 4.39 Å². The highest BCUT2D eigenvalue weighted by Crippen LogP contribution is 2.36. The van der Waals surface area contributed by atoms with Gasteiger partial charge in [-0.05, 0) is 42.8 Å². The molecule has 4 heteroatoms. The average Bonchev–Trinajstić information content (AvgIpc) is 2.62. The third-order valence-corrected chi connectivity index (χ3v) is 5.04. The number of aryl methyl sites for hydroxylation is 1. The van der Waals surface area contributed by atoms with E-state index in [1.165, 1.54) is 15.8 Å². The largest absolute Gasteiger partial charge is 0.207 e. The van der Waals surface area contributed by atoms with Crippen LogP contribution < -0.4 is 0 Å². The molecule has 0 fully saturated rings. The Morgan fingerprint density at radius 3 is 2.56 bits per heavy atom. The van der Waals surface area contributed by atoms with E-state index in [1.54, 1.807) is 17.4 Å². The maximum atomic E-state index is 13.3. The van der Waals surface area contributed by atoms with Crippen molar-refractivity contribution in [3.63, 3.8) is 0 Å². The van der Waals surface area contributed by atoms with Gasteiger partial charge in [0.1, 0.15) is 5.82 Å². The zero-order valence-corrected chi connectivity index (χ0v) is 12.5. The summed E-state index contributed by atoms with van der Waals surface area (Å²) in [6, 6.07) is 9.08. The van der Waals surface area contributed by atoms with Gasteiger partial charge in [0.25, 0.3) is 0 Å². The van der Waals surface area contributed by atoms with Gasteiger partial charge >= 0.3 is 0 Å². The summed E-state index contributed by atoms with van der Waals surface area (Å²) in [4.78, 5) is 2.50. The number of rotatable bonds is 2. The molecular formula is C12H9Br2FS. The van der Waals surface area contributed by atoms with Crippen molar-refractivity contribution in [3.05, 3.63) is 55.9 Å². The van der Waals surface area contributed by atoms with Crippen LogP contribution in [0.1, 0.15) is 20.1 Å². The van der Waals surface area contributed by atoms with Gasteiger partial charge in [0.15, 0.2) is 0 Å². The minimum Gasteiger partial charge on any atom is -0.207 e. The molecule has 1 atom stereocenters. The SMILES string of the molecule is Cc1ccc(C(Br)c2cc(F)cc(Br)c2)s1. The number of hydrogen-bond donors (Lipinski definition) is 0. The summed E-state index contributed by atoms with van der Waals surface area (Å²) in [5.41, 5.74) is 0.925. The van der Waals surface area contributed by atoms with Crippen LogP contribution in [-0.4, -0.2) is 0 Å². The monoisotopic (exact) mass is 362 g/mol. The summed E-state index contributed by atoms with van der Waals surface area (Å²) in [5, 5.41) is 0. The maximum Gasteiger partial charge on any atom is 0.124 e. The second-order valence-electron chi connectivity index (χ2n) is 3.51. The van der Waals surface area contributed by atoms with Gasteiger partial charge in [-0.15, -0.1) is 11.3 Å². The second kappa shape index (κ2) is 4.98.